The highest BCUT2D eigenvalue weighted by Gasteiger charge is 2.36. The number of hydrogen-bond donors (Lipinski definition) is 3. The highest BCUT2D eigenvalue weighted by atomic mass is 16.5. The molecule has 1 saturated carbocycles. The first-order chi connectivity index (χ1) is 24.4. The van der Waals surface area contributed by atoms with E-state index in [1.807, 2.05) is 30.3 Å². The molecule has 264 valence electrons. The van der Waals surface area contributed by atoms with Gasteiger partial charge in [-0.3, -0.25) is 34.4 Å². The van der Waals surface area contributed by atoms with E-state index in [0.29, 0.717) is 34.7 Å². The van der Waals surface area contributed by atoms with Crippen LogP contribution in [-0.4, -0.2) is 57.3 Å². The summed E-state index contributed by atoms with van der Waals surface area (Å²) in [5.41, 5.74) is 4.33. The molecule has 2 heterocycles. The predicted octanol–water partition coefficient (Wildman–Crippen LogP) is 5.99. The highest BCUT2D eigenvalue weighted by molar-refractivity contribution is 6.07. The number of ether oxygens (including phenoxy) is 2. The number of imide groups is 2. The Hall–Kier alpha value is -5.55. The first-order valence-electron chi connectivity index (χ1n) is 17.1. The monoisotopic (exact) mass is 690 g/mol. The lowest BCUT2D eigenvalue weighted by Crippen LogP contribution is -2.53. The molecule has 4 aromatic rings. The first kappa shape index (κ1) is 35.3. The fraction of sp³-hybridized carbons (Fsp3) is 0.325. The molecule has 2 fully saturated rings. The van der Waals surface area contributed by atoms with E-state index in [1.54, 1.807) is 44.3 Å². The molecule has 6 rings (SSSR count). The number of benzene rings is 3. The van der Waals surface area contributed by atoms with Crippen molar-refractivity contribution in [1.82, 2.24) is 15.2 Å². The van der Waals surface area contributed by atoms with Gasteiger partial charge in [-0.15, -0.1) is 0 Å². The number of rotatable bonds is 12. The van der Waals surface area contributed by atoms with E-state index in [2.05, 4.69) is 53.7 Å². The van der Waals surface area contributed by atoms with Crippen LogP contribution in [0.25, 0.3) is 0 Å². The number of nitrogens with zero attached hydrogens (tertiary/aromatic N) is 2. The van der Waals surface area contributed by atoms with Crippen LogP contribution in [-0.2, 0) is 19.8 Å². The molecule has 1 aromatic heterocycles. The molecular weight excluding hydrogens is 648 g/mol. The van der Waals surface area contributed by atoms with Crippen LogP contribution in [0.15, 0.2) is 85.1 Å². The number of aliphatic hydroxyl groups is 1. The van der Waals surface area contributed by atoms with Crippen molar-refractivity contribution in [3.63, 3.8) is 0 Å². The molecule has 0 radical (unpaired) electrons. The normalized spacial score (nSPS) is 19.3. The minimum absolute atomic E-state index is 0.0389. The summed E-state index contributed by atoms with van der Waals surface area (Å²) < 4.78 is 12.2. The number of carbonyl (C=O) groups is 4. The number of amides is 4. The molecule has 11 heteroatoms. The summed E-state index contributed by atoms with van der Waals surface area (Å²) in [7, 11) is 0. The maximum Gasteiger partial charge on any atom is 0.261 e. The maximum atomic E-state index is 13.3. The molecule has 51 heavy (non-hydrogen) atoms. The Morgan fingerprint density at radius 3 is 2.22 bits per heavy atom. The highest BCUT2D eigenvalue weighted by Crippen LogP contribution is 2.35. The van der Waals surface area contributed by atoms with Gasteiger partial charge in [-0.1, -0.05) is 44.2 Å². The van der Waals surface area contributed by atoms with Crippen molar-refractivity contribution in [2.24, 2.45) is 0 Å². The van der Waals surface area contributed by atoms with Gasteiger partial charge in [0.05, 0.1) is 18.0 Å². The lowest BCUT2D eigenvalue weighted by Gasteiger charge is -2.36. The zero-order chi connectivity index (χ0) is 36.3. The Labute approximate surface area is 297 Å². The van der Waals surface area contributed by atoms with Gasteiger partial charge in [-0.05, 0) is 85.5 Å². The van der Waals surface area contributed by atoms with Gasteiger partial charge in [0.2, 0.25) is 18.2 Å². The fourth-order valence-corrected chi connectivity index (χ4v) is 6.39. The molecule has 2 aliphatic rings. The van der Waals surface area contributed by atoms with Crippen molar-refractivity contribution < 1.29 is 33.8 Å². The SMILES string of the molecule is Cc1ccc(NC2CC(Oc3ccc(C(C)(C)c4ccc(Oc5ccc(C(C)O)nc5)cc4)cc3)C2)cc1C(=O)N(C=O)C1CCC(=O)NC1=O. The number of aliphatic hydroxyl groups excluding tert-OH is 1. The number of pyridine rings is 1. The maximum absolute atomic E-state index is 13.3. The molecule has 0 bridgehead atoms. The van der Waals surface area contributed by atoms with Gasteiger partial charge < -0.3 is 19.9 Å². The number of hydrogen-bond acceptors (Lipinski definition) is 9. The summed E-state index contributed by atoms with van der Waals surface area (Å²) in [6.45, 7) is 7.80. The van der Waals surface area contributed by atoms with Crippen LogP contribution in [0.5, 0.6) is 17.2 Å². The molecule has 11 nitrogen and oxygen atoms in total. The Bertz CT molecular complexity index is 1900. The van der Waals surface area contributed by atoms with Crippen LogP contribution in [0.2, 0.25) is 0 Å². The van der Waals surface area contributed by atoms with Gasteiger partial charge in [0.15, 0.2) is 0 Å². The van der Waals surface area contributed by atoms with Crippen LogP contribution in [0.4, 0.5) is 5.69 Å². The van der Waals surface area contributed by atoms with Crippen molar-refractivity contribution >= 4 is 29.8 Å². The Kier molecular flexibility index (Phi) is 10.2. The van der Waals surface area contributed by atoms with Crippen molar-refractivity contribution in [3.05, 3.63) is 113 Å². The Morgan fingerprint density at radius 1 is 0.980 bits per heavy atom. The molecule has 3 N–H and O–H groups in total. The molecule has 1 saturated heterocycles. The van der Waals surface area contributed by atoms with Gasteiger partial charge >= 0.3 is 0 Å². The van der Waals surface area contributed by atoms with Gasteiger partial charge in [0.1, 0.15) is 29.4 Å². The summed E-state index contributed by atoms with van der Waals surface area (Å²) >= 11 is 0. The minimum Gasteiger partial charge on any atom is -0.490 e. The molecule has 4 amide bonds. The van der Waals surface area contributed by atoms with Crippen LogP contribution >= 0.6 is 0 Å². The van der Waals surface area contributed by atoms with Crippen molar-refractivity contribution in [1.29, 1.82) is 0 Å². The fourth-order valence-electron chi connectivity index (χ4n) is 6.39. The first-order valence-corrected chi connectivity index (χ1v) is 17.1. The van der Waals surface area contributed by atoms with Crippen molar-refractivity contribution in [3.8, 4) is 17.2 Å². The lowest BCUT2D eigenvalue weighted by molar-refractivity contribution is -0.139. The molecule has 3 aromatic carbocycles. The van der Waals surface area contributed by atoms with Crippen LogP contribution in [0.3, 0.4) is 0 Å². The topological polar surface area (TPSA) is 147 Å². The second-order valence-corrected chi connectivity index (χ2v) is 13.7. The van der Waals surface area contributed by atoms with E-state index in [0.717, 1.165) is 40.3 Å². The number of piperidine rings is 1. The number of aryl methyl sites for hydroxylation is 1. The van der Waals surface area contributed by atoms with Crippen LogP contribution < -0.4 is 20.1 Å². The summed E-state index contributed by atoms with van der Waals surface area (Å²) in [5.74, 6) is 0.448. The average molecular weight is 691 g/mol. The second-order valence-electron chi connectivity index (χ2n) is 13.7. The quantitative estimate of drug-likeness (QED) is 0.121. The third-order valence-electron chi connectivity index (χ3n) is 9.71. The van der Waals surface area contributed by atoms with E-state index in [9.17, 15) is 24.3 Å². The summed E-state index contributed by atoms with van der Waals surface area (Å²) in [5, 5.41) is 15.3. The van der Waals surface area contributed by atoms with Gasteiger partial charge in [0, 0.05) is 42.0 Å². The number of nitrogens with one attached hydrogen (secondary N) is 2. The van der Waals surface area contributed by atoms with Crippen molar-refractivity contribution in [2.75, 3.05) is 5.32 Å². The summed E-state index contributed by atoms with van der Waals surface area (Å²) in [4.78, 5) is 54.2. The molecule has 1 aliphatic heterocycles. The Balaban J connectivity index is 1.01. The summed E-state index contributed by atoms with van der Waals surface area (Å²) in [6.07, 6.45) is 3.08. The van der Waals surface area contributed by atoms with E-state index in [1.165, 1.54) is 0 Å². The minimum atomic E-state index is -1.02. The van der Waals surface area contributed by atoms with E-state index in [4.69, 9.17) is 9.47 Å². The molecule has 2 unspecified atom stereocenters. The predicted molar refractivity (Wildman–Crippen MR) is 191 cm³/mol. The largest absolute Gasteiger partial charge is 0.490 e. The van der Waals surface area contributed by atoms with Crippen LogP contribution in [0, 0.1) is 6.92 Å². The molecule has 1 aliphatic carbocycles. The third-order valence-corrected chi connectivity index (χ3v) is 9.71. The van der Waals surface area contributed by atoms with Gasteiger partial charge in [-0.25, -0.2) is 0 Å². The van der Waals surface area contributed by atoms with E-state index in [-0.39, 0.29) is 30.4 Å². The Morgan fingerprint density at radius 2 is 1.63 bits per heavy atom. The zero-order valence-corrected chi connectivity index (χ0v) is 29.1. The number of carbonyl (C=O) groups excluding carboxylic acids is 4. The number of aromatic nitrogens is 1. The zero-order valence-electron chi connectivity index (χ0n) is 29.1. The van der Waals surface area contributed by atoms with Crippen molar-refractivity contribution in [2.45, 2.75) is 83.1 Å². The van der Waals surface area contributed by atoms with E-state index >= 15 is 0 Å². The standard InChI is InChI=1S/C40H42N4O7/c1-24-5-10-28(21-34(24)39(49)44(23-45)36-17-18-37(47)43-38(36)48)42-29-19-33(20-29)51-31-13-8-27(9-14-31)40(3,4)26-6-11-30(12-7-26)50-32-15-16-35(25(2)46)41-22-32/h5-16,21-23,25,29,33,36,42,46H,17-20H2,1-4H3,(H,43,47,48). The smallest absolute Gasteiger partial charge is 0.261 e. The molecule has 0 spiro atoms. The molecular formula is C40H42N4O7. The average Bonchev–Trinajstić information content (AvgIpc) is 3.10. The second kappa shape index (κ2) is 14.7. The molecule has 2 atom stereocenters. The van der Waals surface area contributed by atoms with E-state index < -0.39 is 29.9 Å². The van der Waals surface area contributed by atoms with Gasteiger partial charge in [0.25, 0.3) is 5.91 Å². The number of anilines is 1. The van der Waals surface area contributed by atoms with Gasteiger partial charge in [-0.2, -0.15) is 0 Å². The third kappa shape index (κ3) is 7.94. The van der Waals surface area contributed by atoms with Crippen LogP contribution in [0.1, 0.15) is 85.3 Å². The lowest BCUT2D eigenvalue weighted by atomic mass is 9.78. The summed E-state index contributed by atoms with van der Waals surface area (Å²) in [6, 6.07) is 24.2.